The first-order valence-corrected chi connectivity index (χ1v) is 6.45. The fourth-order valence-corrected chi connectivity index (χ4v) is 1.98. The summed E-state index contributed by atoms with van der Waals surface area (Å²) in [5.74, 6) is 0.428. The Morgan fingerprint density at radius 3 is 2.43 bits per heavy atom. The number of halogens is 1. The zero-order valence-corrected chi connectivity index (χ0v) is 12.3. The van der Waals surface area contributed by atoms with Crippen LogP contribution in [0.1, 0.15) is 10.4 Å². The van der Waals surface area contributed by atoms with Gasteiger partial charge in [-0.25, -0.2) is 0 Å². The topological polar surface area (TPSA) is 67.8 Å². The quantitative estimate of drug-likeness (QED) is 0.909. The molecule has 2 rings (SSSR count). The van der Waals surface area contributed by atoms with Gasteiger partial charge in [-0.3, -0.25) is 4.79 Å². The predicted molar refractivity (Wildman–Crippen MR) is 80.6 cm³/mol. The van der Waals surface area contributed by atoms with Crippen LogP contribution >= 0.6 is 11.6 Å². The molecule has 2 aromatic rings. The van der Waals surface area contributed by atoms with Crippen molar-refractivity contribution in [2.75, 3.05) is 19.5 Å². The molecule has 21 heavy (non-hydrogen) atoms. The minimum absolute atomic E-state index is 0.134. The number of carbonyl (C=O) groups is 1. The SMILES string of the molecule is COc1ccc(NC(=O)c2ccc(Cl)cc2O)cc1OC. The molecule has 0 spiro atoms. The Morgan fingerprint density at radius 2 is 1.81 bits per heavy atom. The normalized spacial score (nSPS) is 10.0. The maximum atomic E-state index is 12.1. The summed E-state index contributed by atoms with van der Waals surface area (Å²) in [7, 11) is 3.04. The highest BCUT2D eigenvalue weighted by molar-refractivity contribution is 6.31. The number of anilines is 1. The van der Waals surface area contributed by atoms with Crippen LogP contribution < -0.4 is 14.8 Å². The Hall–Kier alpha value is -2.40. The van der Waals surface area contributed by atoms with Gasteiger partial charge in [-0.1, -0.05) is 11.6 Å². The summed E-state index contributed by atoms with van der Waals surface area (Å²) < 4.78 is 10.3. The van der Waals surface area contributed by atoms with Gasteiger partial charge in [0.1, 0.15) is 5.75 Å². The molecule has 2 N–H and O–H groups in total. The maximum Gasteiger partial charge on any atom is 0.259 e. The molecule has 0 aliphatic carbocycles. The highest BCUT2D eigenvalue weighted by Gasteiger charge is 2.13. The number of benzene rings is 2. The van der Waals surface area contributed by atoms with Gasteiger partial charge in [0.05, 0.1) is 19.8 Å². The van der Waals surface area contributed by atoms with Crippen molar-refractivity contribution < 1.29 is 19.4 Å². The summed E-state index contributed by atoms with van der Waals surface area (Å²) in [5, 5.41) is 12.8. The van der Waals surface area contributed by atoms with Gasteiger partial charge in [0.2, 0.25) is 0 Å². The van der Waals surface area contributed by atoms with Gasteiger partial charge >= 0.3 is 0 Å². The van der Waals surface area contributed by atoms with Crippen LogP contribution in [0.15, 0.2) is 36.4 Å². The van der Waals surface area contributed by atoms with Gasteiger partial charge in [0.25, 0.3) is 5.91 Å². The zero-order valence-electron chi connectivity index (χ0n) is 11.5. The molecule has 0 saturated heterocycles. The van der Waals surface area contributed by atoms with Crippen molar-refractivity contribution in [3.05, 3.63) is 47.0 Å². The van der Waals surface area contributed by atoms with E-state index in [1.165, 1.54) is 32.4 Å². The molecule has 6 heteroatoms. The zero-order chi connectivity index (χ0) is 15.4. The number of amides is 1. The van der Waals surface area contributed by atoms with Gasteiger partial charge in [0.15, 0.2) is 11.5 Å². The molecular weight excluding hydrogens is 294 g/mol. The molecule has 0 aliphatic heterocycles. The average molecular weight is 308 g/mol. The summed E-state index contributed by atoms with van der Waals surface area (Å²) in [4.78, 5) is 12.1. The lowest BCUT2D eigenvalue weighted by atomic mass is 10.2. The molecule has 1 amide bonds. The van der Waals surface area contributed by atoms with E-state index in [-0.39, 0.29) is 11.3 Å². The summed E-state index contributed by atoms with van der Waals surface area (Å²) in [6.45, 7) is 0. The number of methoxy groups -OCH3 is 2. The van der Waals surface area contributed by atoms with Gasteiger partial charge in [-0.15, -0.1) is 0 Å². The first-order chi connectivity index (χ1) is 10.0. The number of carbonyl (C=O) groups excluding carboxylic acids is 1. The van der Waals surface area contributed by atoms with Crippen molar-refractivity contribution >= 4 is 23.2 Å². The number of hydrogen-bond acceptors (Lipinski definition) is 4. The fourth-order valence-electron chi connectivity index (χ4n) is 1.81. The van der Waals surface area contributed by atoms with E-state index in [0.717, 1.165) is 0 Å². The van der Waals surface area contributed by atoms with Crippen LogP contribution in [0, 0.1) is 0 Å². The smallest absolute Gasteiger partial charge is 0.259 e. The van der Waals surface area contributed by atoms with Crippen molar-refractivity contribution in [1.29, 1.82) is 0 Å². The highest BCUT2D eigenvalue weighted by atomic mass is 35.5. The van der Waals surface area contributed by atoms with Crippen LogP contribution in [0.5, 0.6) is 17.2 Å². The Kier molecular flexibility index (Phi) is 4.55. The number of nitrogens with one attached hydrogen (secondary N) is 1. The van der Waals surface area contributed by atoms with E-state index in [0.29, 0.717) is 22.2 Å². The number of aromatic hydroxyl groups is 1. The van der Waals surface area contributed by atoms with Crippen molar-refractivity contribution in [2.45, 2.75) is 0 Å². The first kappa shape index (κ1) is 15.0. The molecule has 110 valence electrons. The molecule has 0 aliphatic rings. The largest absolute Gasteiger partial charge is 0.507 e. The van der Waals surface area contributed by atoms with Crippen molar-refractivity contribution in [2.24, 2.45) is 0 Å². The van der Waals surface area contributed by atoms with E-state index in [2.05, 4.69) is 5.32 Å². The van der Waals surface area contributed by atoms with E-state index in [9.17, 15) is 9.90 Å². The summed E-state index contributed by atoms with van der Waals surface area (Å²) in [6, 6.07) is 9.27. The average Bonchev–Trinajstić information content (AvgIpc) is 2.46. The third-order valence-corrected chi connectivity index (χ3v) is 3.08. The van der Waals surface area contributed by atoms with Gasteiger partial charge in [0, 0.05) is 16.8 Å². The van der Waals surface area contributed by atoms with Crippen molar-refractivity contribution in [3.63, 3.8) is 0 Å². The third kappa shape index (κ3) is 3.38. The van der Waals surface area contributed by atoms with E-state index < -0.39 is 5.91 Å². The molecule has 2 aromatic carbocycles. The van der Waals surface area contributed by atoms with E-state index in [1.54, 1.807) is 18.2 Å². The first-order valence-electron chi connectivity index (χ1n) is 6.07. The van der Waals surface area contributed by atoms with Crippen LogP contribution in [0.3, 0.4) is 0 Å². The molecule has 0 aromatic heterocycles. The number of ether oxygens (including phenoxy) is 2. The molecule has 0 saturated carbocycles. The molecule has 5 nitrogen and oxygen atoms in total. The minimum Gasteiger partial charge on any atom is -0.507 e. The van der Waals surface area contributed by atoms with Crippen LogP contribution in [-0.4, -0.2) is 25.2 Å². The third-order valence-electron chi connectivity index (χ3n) is 2.85. The number of phenols is 1. The molecule has 0 heterocycles. The molecule has 0 bridgehead atoms. The number of phenolic OH excluding ortho intramolecular Hbond substituents is 1. The Morgan fingerprint density at radius 1 is 1.10 bits per heavy atom. The molecule has 0 atom stereocenters. The van der Waals surface area contributed by atoms with Gasteiger partial charge in [-0.2, -0.15) is 0 Å². The van der Waals surface area contributed by atoms with Crippen molar-refractivity contribution in [1.82, 2.24) is 0 Å². The minimum atomic E-state index is -0.448. The van der Waals surface area contributed by atoms with Crippen molar-refractivity contribution in [3.8, 4) is 17.2 Å². The lowest BCUT2D eigenvalue weighted by Crippen LogP contribution is -2.12. The Balaban J connectivity index is 2.23. The Labute approximate surface area is 127 Å². The second kappa shape index (κ2) is 6.37. The Bertz CT molecular complexity index is 673. The monoisotopic (exact) mass is 307 g/mol. The summed E-state index contributed by atoms with van der Waals surface area (Å²) in [6.07, 6.45) is 0. The number of hydrogen-bond donors (Lipinski definition) is 2. The molecule has 0 unspecified atom stereocenters. The second-order valence-corrected chi connectivity index (χ2v) is 4.62. The van der Waals surface area contributed by atoms with E-state index in [1.807, 2.05) is 0 Å². The van der Waals surface area contributed by atoms with Gasteiger partial charge < -0.3 is 19.9 Å². The lowest BCUT2D eigenvalue weighted by molar-refractivity contribution is 0.102. The molecular formula is C15H14ClNO4. The van der Waals surface area contributed by atoms with E-state index in [4.69, 9.17) is 21.1 Å². The van der Waals surface area contributed by atoms with Crippen LogP contribution in [0.2, 0.25) is 5.02 Å². The summed E-state index contributed by atoms with van der Waals surface area (Å²) in [5.41, 5.74) is 0.654. The van der Waals surface area contributed by atoms with Crippen LogP contribution in [0.25, 0.3) is 0 Å². The fraction of sp³-hybridized carbons (Fsp3) is 0.133. The lowest BCUT2D eigenvalue weighted by Gasteiger charge is -2.11. The molecule has 0 fully saturated rings. The van der Waals surface area contributed by atoms with Gasteiger partial charge in [-0.05, 0) is 30.3 Å². The van der Waals surface area contributed by atoms with E-state index >= 15 is 0 Å². The van der Waals surface area contributed by atoms with Crippen LogP contribution in [-0.2, 0) is 0 Å². The molecule has 0 radical (unpaired) electrons. The maximum absolute atomic E-state index is 12.1. The highest BCUT2D eigenvalue weighted by Crippen LogP contribution is 2.30. The standard InChI is InChI=1S/C15H14ClNO4/c1-20-13-6-4-10(8-14(13)21-2)17-15(19)11-5-3-9(16)7-12(11)18/h3-8,18H,1-2H3,(H,17,19). The van der Waals surface area contributed by atoms with Crippen LogP contribution in [0.4, 0.5) is 5.69 Å². The summed E-state index contributed by atoms with van der Waals surface area (Å²) >= 11 is 5.73. The second-order valence-electron chi connectivity index (χ2n) is 4.19. The number of rotatable bonds is 4. The predicted octanol–water partition coefficient (Wildman–Crippen LogP) is 3.32.